The van der Waals surface area contributed by atoms with Gasteiger partial charge < -0.3 is 10.1 Å². The Bertz CT molecular complexity index is 478. The van der Waals surface area contributed by atoms with Crippen molar-refractivity contribution in [1.82, 2.24) is 5.32 Å². The smallest absolute Gasteiger partial charge is 0.328 e. The van der Waals surface area contributed by atoms with Gasteiger partial charge in [-0.15, -0.1) is 11.8 Å². The third-order valence-corrected chi connectivity index (χ3v) is 4.18. The minimum Gasteiger partial charge on any atom is -0.467 e. The Balaban J connectivity index is 2.53. The molecule has 0 radical (unpaired) electrons. The summed E-state index contributed by atoms with van der Waals surface area (Å²) in [6.45, 7) is 3.83. The third kappa shape index (κ3) is 5.75. The lowest BCUT2D eigenvalue weighted by Gasteiger charge is -2.21. The van der Waals surface area contributed by atoms with Crippen molar-refractivity contribution in [1.29, 1.82) is 0 Å². The van der Waals surface area contributed by atoms with Crippen molar-refractivity contribution in [3.8, 4) is 0 Å². The topological polar surface area (TPSA) is 55.4 Å². The van der Waals surface area contributed by atoms with Crippen LogP contribution < -0.4 is 5.32 Å². The first-order valence-electron chi connectivity index (χ1n) is 6.73. The molecule has 1 N–H and O–H groups in total. The molecule has 4 nitrogen and oxygen atoms in total. The lowest BCUT2D eigenvalue weighted by atomic mass is 9.99. The number of nitrogens with one attached hydrogen (secondary N) is 1. The zero-order chi connectivity index (χ0) is 15.8. The average Bonchev–Trinajstić information content (AvgIpc) is 2.50. The fourth-order valence-corrected chi connectivity index (χ4v) is 2.40. The highest BCUT2D eigenvalue weighted by molar-refractivity contribution is 8.00. The zero-order valence-corrected chi connectivity index (χ0v) is 13.2. The molecule has 0 saturated carbocycles. The minimum absolute atomic E-state index is 0.00257. The maximum absolute atomic E-state index is 12.8. The van der Waals surface area contributed by atoms with Gasteiger partial charge in [0.15, 0.2) is 0 Å². The van der Waals surface area contributed by atoms with Crippen LogP contribution in [0.2, 0.25) is 0 Å². The molecule has 1 aromatic rings. The quantitative estimate of drug-likeness (QED) is 0.621. The molecule has 0 fully saturated rings. The summed E-state index contributed by atoms with van der Waals surface area (Å²) in [4.78, 5) is 24.4. The van der Waals surface area contributed by atoms with E-state index in [0.29, 0.717) is 0 Å². The highest BCUT2D eigenvalue weighted by Crippen LogP contribution is 2.18. The minimum atomic E-state index is -0.638. The first-order valence-corrected chi connectivity index (χ1v) is 7.72. The van der Waals surface area contributed by atoms with E-state index in [-0.39, 0.29) is 23.4 Å². The number of amides is 1. The van der Waals surface area contributed by atoms with Gasteiger partial charge in [0.2, 0.25) is 5.91 Å². The summed E-state index contributed by atoms with van der Waals surface area (Å²) in [5, 5.41) is 2.69. The van der Waals surface area contributed by atoms with Crippen LogP contribution in [-0.2, 0) is 14.3 Å². The zero-order valence-electron chi connectivity index (χ0n) is 12.4. The van der Waals surface area contributed by atoms with Gasteiger partial charge in [0, 0.05) is 4.90 Å². The summed E-state index contributed by atoms with van der Waals surface area (Å²) in [6, 6.07) is 5.27. The fourth-order valence-electron chi connectivity index (χ4n) is 1.69. The number of carbonyl (C=O) groups is 2. The van der Waals surface area contributed by atoms with Crippen LogP contribution in [0.15, 0.2) is 29.2 Å². The average molecular weight is 313 g/mol. The van der Waals surface area contributed by atoms with Crippen molar-refractivity contribution in [2.45, 2.75) is 31.2 Å². The Labute approximate surface area is 128 Å². The van der Waals surface area contributed by atoms with Gasteiger partial charge in [-0.25, -0.2) is 9.18 Å². The second-order valence-electron chi connectivity index (χ2n) is 4.70. The number of benzene rings is 1. The van der Waals surface area contributed by atoms with Gasteiger partial charge in [-0.1, -0.05) is 20.3 Å². The molecule has 0 aromatic heterocycles. The summed E-state index contributed by atoms with van der Waals surface area (Å²) >= 11 is 1.29. The molecule has 1 aromatic carbocycles. The van der Waals surface area contributed by atoms with Gasteiger partial charge in [-0.3, -0.25) is 4.79 Å². The first kappa shape index (κ1) is 17.5. The number of halogens is 1. The van der Waals surface area contributed by atoms with Crippen LogP contribution in [0.25, 0.3) is 0 Å². The second-order valence-corrected chi connectivity index (χ2v) is 5.75. The summed E-state index contributed by atoms with van der Waals surface area (Å²) in [5.74, 6) is -0.844. The Morgan fingerprint density at radius 1 is 1.33 bits per heavy atom. The maximum atomic E-state index is 12.8. The Hall–Kier alpha value is -1.56. The fraction of sp³-hybridized carbons (Fsp3) is 0.467. The number of methoxy groups -OCH3 is 1. The maximum Gasteiger partial charge on any atom is 0.328 e. The van der Waals surface area contributed by atoms with E-state index in [1.54, 1.807) is 12.1 Å². The van der Waals surface area contributed by atoms with E-state index in [1.807, 2.05) is 13.8 Å². The van der Waals surface area contributed by atoms with Crippen molar-refractivity contribution in [2.75, 3.05) is 12.9 Å². The lowest BCUT2D eigenvalue weighted by molar-refractivity contribution is -0.146. The predicted octanol–water partition coefficient (Wildman–Crippen LogP) is 2.62. The normalized spacial score (nSPS) is 13.3. The monoisotopic (exact) mass is 313 g/mol. The SMILES string of the molecule is CCC(C)C(NC(=O)CSc1ccc(F)cc1)C(=O)OC. The number of hydrogen-bond donors (Lipinski definition) is 1. The molecule has 1 rings (SSSR count). The summed E-state index contributed by atoms with van der Waals surface area (Å²) in [6.07, 6.45) is 0.755. The van der Waals surface area contributed by atoms with Gasteiger partial charge in [-0.05, 0) is 30.2 Å². The first-order chi connectivity index (χ1) is 9.97. The van der Waals surface area contributed by atoms with Gasteiger partial charge >= 0.3 is 5.97 Å². The summed E-state index contributed by atoms with van der Waals surface area (Å²) in [7, 11) is 1.30. The van der Waals surface area contributed by atoms with E-state index in [0.717, 1.165) is 11.3 Å². The molecular weight excluding hydrogens is 293 g/mol. The molecular formula is C15H20FNO3S. The van der Waals surface area contributed by atoms with E-state index in [9.17, 15) is 14.0 Å². The van der Waals surface area contributed by atoms with Gasteiger partial charge in [0.25, 0.3) is 0 Å². The highest BCUT2D eigenvalue weighted by atomic mass is 32.2. The predicted molar refractivity (Wildman–Crippen MR) is 80.5 cm³/mol. The Morgan fingerprint density at radius 2 is 1.95 bits per heavy atom. The van der Waals surface area contributed by atoms with Crippen molar-refractivity contribution in [2.24, 2.45) is 5.92 Å². The van der Waals surface area contributed by atoms with E-state index < -0.39 is 12.0 Å². The molecule has 0 aliphatic rings. The summed E-state index contributed by atoms with van der Waals surface area (Å²) < 4.78 is 17.5. The van der Waals surface area contributed by atoms with Gasteiger partial charge in [0.1, 0.15) is 11.9 Å². The molecule has 116 valence electrons. The third-order valence-electron chi connectivity index (χ3n) is 3.17. The molecule has 0 aliphatic carbocycles. The molecule has 1 amide bonds. The largest absolute Gasteiger partial charge is 0.467 e. The molecule has 0 bridgehead atoms. The number of carbonyl (C=O) groups excluding carboxylic acids is 2. The van der Waals surface area contributed by atoms with E-state index in [4.69, 9.17) is 4.74 Å². The van der Waals surface area contributed by atoms with Crippen LogP contribution in [0, 0.1) is 11.7 Å². The van der Waals surface area contributed by atoms with Crippen LogP contribution in [0.4, 0.5) is 4.39 Å². The molecule has 0 spiro atoms. The molecule has 21 heavy (non-hydrogen) atoms. The number of thioether (sulfide) groups is 1. The van der Waals surface area contributed by atoms with E-state index >= 15 is 0 Å². The van der Waals surface area contributed by atoms with E-state index in [2.05, 4.69) is 5.32 Å². The molecule has 0 heterocycles. The van der Waals surface area contributed by atoms with E-state index in [1.165, 1.54) is 31.0 Å². The molecule has 0 saturated heterocycles. The molecule has 2 atom stereocenters. The van der Waals surface area contributed by atoms with Gasteiger partial charge in [0.05, 0.1) is 12.9 Å². The summed E-state index contributed by atoms with van der Waals surface area (Å²) in [5.41, 5.74) is 0. The molecule has 2 unspecified atom stereocenters. The standard InChI is InChI=1S/C15H20FNO3S/c1-4-10(2)14(15(19)20-3)17-13(18)9-21-12-7-5-11(16)6-8-12/h5-8,10,14H,4,9H2,1-3H3,(H,17,18). The second kappa shape index (κ2) is 8.67. The molecule has 0 aliphatic heterocycles. The Kier molecular flexibility index (Phi) is 7.22. The van der Waals surface area contributed by atoms with Crippen molar-refractivity contribution in [3.05, 3.63) is 30.1 Å². The van der Waals surface area contributed by atoms with Crippen LogP contribution >= 0.6 is 11.8 Å². The number of hydrogen-bond acceptors (Lipinski definition) is 4. The van der Waals surface area contributed by atoms with Crippen molar-refractivity contribution < 1.29 is 18.7 Å². The number of esters is 1. The lowest BCUT2D eigenvalue weighted by Crippen LogP contribution is -2.46. The van der Waals surface area contributed by atoms with Crippen LogP contribution in [0.3, 0.4) is 0 Å². The molecule has 6 heteroatoms. The van der Waals surface area contributed by atoms with Crippen LogP contribution in [-0.4, -0.2) is 30.8 Å². The van der Waals surface area contributed by atoms with Crippen LogP contribution in [0.1, 0.15) is 20.3 Å². The van der Waals surface area contributed by atoms with Crippen LogP contribution in [0.5, 0.6) is 0 Å². The van der Waals surface area contributed by atoms with Gasteiger partial charge in [-0.2, -0.15) is 0 Å². The number of rotatable bonds is 7. The highest BCUT2D eigenvalue weighted by Gasteiger charge is 2.26. The Morgan fingerprint density at radius 3 is 2.48 bits per heavy atom. The number of ether oxygens (including phenoxy) is 1. The van der Waals surface area contributed by atoms with Crippen molar-refractivity contribution >= 4 is 23.6 Å². The van der Waals surface area contributed by atoms with Crippen molar-refractivity contribution in [3.63, 3.8) is 0 Å².